The molecule has 0 N–H and O–H groups in total. The summed E-state index contributed by atoms with van der Waals surface area (Å²) in [6.07, 6.45) is 1.54. The number of aromatic nitrogens is 4. The summed E-state index contributed by atoms with van der Waals surface area (Å²) in [5, 5.41) is 14.3. The molecular formula is C15H15N7. The maximum absolute atomic E-state index is 9.08. The van der Waals surface area contributed by atoms with Gasteiger partial charge in [-0.1, -0.05) is 0 Å². The fourth-order valence-electron chi connectivity index (χ4n) is 2.82. The molecule has 4 rings (SSSR count). The van der Waals surface area contributed by atoms with Crippen LogP contribution in [0, 0.1) is 11.3 Å². The Bertz CT molecular complexity index is 884. The molecule has 0 amide bonds. The molecule has 0 aliphatic carbocycles. The lowest BCUT2D eigenvalue weighted by molar-refractivity contribution is 0.310. The maximum atomic E-state index is 9.08. The maximum Gasteiger partial charge on any atom is 0.229 e. The highest BCUT2D eigenvalue weighted by Crippen LogP contribution is 2.23. The zero-order valence-electron chi connectivity index (χ0n) is 12.3. The van der Waals surface area contributed by atoms with E-state index in [1.807, 2.05) is 12.1 Å². The molecular weight excluding hydrogens is 278 g/mol. The first-order chi connectivity index (χ1) is 10.8. The van der Waals surface area contributed by atoms with Gasteiger partial charge in [0.05, 0.1) is 17.1 Å². The molecule has 22 heavy (non-hydrogen) atoms. The Balaban J connectivity index is 1.91. The molecule has 7 heteroatoms. The van der Waals surface area contributed by atoms with Crippen LogP contribution in [0.4, 0.5) is 5.95 Å². The molecule has 0 unspecified atom stereocenters. The minimum absolute atomic E-state index is 0.603. The van der Waals surface area contributed by atoms with Crippen LogP contribution in [0.25, 0.3) is 16.6 Å². The Morgan fingerprint density at radius 1 is 1.18 bits per heavy atom. The number of hydrogen-bond acceptors (Lipinski definition) is 6. The second-order valence-corrected chi connectivity index (χ2v) is 5.54. The summed E-state index contributed by atoms with van der Waals surface area (Å²) in [5.41, 5.74) is 2.19. The van der Waals surface area contributed by atoms with Gasteiger partial charge in [-0.25, -0.2) is 9.97 Å². The normalized spacial score (nSPS) is 16.3. The zero-order chi connectivity index (χ0) is 15.1. The van der Waals surface area contributed by atoms with Gasteiger partial charge in [-0.3, -0.25) is 0 Å². The van der Waals surface area contributed by atoms with Gasteiger partial charge in [-0.15, -0.1) is 0 Å². The second kappa shape index (κ2) is 4.93. The van der Waals surface area contributed by atoms with E-state index in [0.29, 0.717) is 5.56 Å². The van der Waals surface area contributed by atoms with Crippen LogP contribution in [-0.2, 0) is 0 Å². The van der Waals surface area contributed by atoms with Gasteiger partial charge in [0.25, 0.3) is 0 Å². The van der Waals surface area contributed by atoms with Gasteiger partial charge in [0.2, 0.25) is 5.95 Å². The average molecular weight is 293 g/mol. The highest BCUT2D eigenvalue weighted by atomic mass is 15.4. The lowest BCUT2D eigenvalue weighted by atomic mass is 10.1. The molecule has 2 aromatic heterocycles. The van der Waals surface area contributed by atoms with E-state index in [9.17, 15) is 0 Å². The average Bonchev–Trinajstić information content (AvgIpc) is 3.04. The molecule has 0 saturated carbocycles. The van der Waals surface area contributed by atoms with E-state index >= 15 is 0 Å². The van der Waals surface area contributed by atoms with Crippen molar-refractivity contribution in [3.05, 3.63) is 30.1 Å². The van der Waals surface area contributed by atoms with Crippen LogP contribution < -0.4 is 4.90 Å². The van der Waals surface area contributed by atoms with Crippen molar-refractivity contribution in [1.82, 2.24) is 24.5 Å². The number of likely N-dealkylation sites (N-methyl/N-ethyl adjacent to an activating group) is 1. The largest absolute Gasteiger partial charge is 0.338 e. The number of hydrogen-bond donors (Lipinski definition) is 0. The summed E-state index contributed by atoms with van der Waals surface area (Å²) in [7, 11) is 2.12. The first-order valence-electron chi connectivity index (χ1n) is 7.23. The van der Waals surface area contributed by atoms with Gasteiger partial charge in [0, 0.05) is 31.6 Å². The van der Waals surface area contributed by atoms with E-state index in [1.165, 1.54) is 6.33 Å². The van der Waals surface area contributed by atoms with E-state index in [4.69, 9.17) is 10.2 Å². The SMILES string of the molecule is CN1CCN(c2nc3ccc(C#N)cc3c3ncnn23)CC1. The molecule has 1 fully saturated rings. The number of piperazine rings is 1. The van der Waals surface area contributed by atoms with Gasteiger partial charge in [-0.05, 0) is 25.2 Å². The fourth-order valence-corrected chi connectivity index (χ4v) is 2.82. The minimum Gasteiger partial charge on any atom is -0.338 e. The monoisotopic (exact) mass is 293 g/mol. The van der Waals surface area contributed by atoms with E-state index in [-0.39, 0.29) is 0 Å². The van der Waals surface area contributed by atoms with Crippen molar-refractivity contribution in [2.75, 3.05) is 38.1 Å². The van der Waals surface area contributed by atoms with Crippen molar-refractivity contribution in [3.8, 4) is 6.07 Å². The Labute approximate surface area is 127 Å². The minimum atomic E-state index is 0.603. The molecule has 110 valence electrons. The van der Waals surface area contributed by atoms with Crippen LogP contribution in [0.15, 0.2) is 24.5 Å². The van der Waals surface area contributed by atoms with Crippen LogP contribution in [0.5, 0.6) is 0 Å². The predicted molar refractivity (Wildman–Crippen MR) is 82.7 cm³/mol. The third kappa shape index (κ3) is 1.96. The molecule has 3 heterocycles. The molecule has 3 aromatic rings. The van der Waals surface area contributed by atoms with Gasteiger partial charge in [-0.2, -0.15) is 14.9 Å². The lowest BCUT2D eigenvalue weighted by Crippen LogP contribution is -2.45. The van der Waals surface area contributed by atoms with Gasteiger partial charge in [0.1, 0.15) is 6.33 Å². The van der Waals surface area contributed by atoms with Crippen LogP contribution in [0.2, 0.25) is 0 Å². The first kappa shape index (κ1) is 13.0. The molecule has 0 radical (unpaired) electrons. The second-order valence-electron chi connectivity index (χ2n) is 5.54. The van der Waals surface area contributed by atoms with Crippen LogP contribution in [0.1, 0.15) is 5.56 Å². The van der Waals surface area contributed by atoms with Gasteiger partial charge >= 0.3 is 0 Å². The third-order valence-electron chi connectivity index (χ3n) is 4.11. The standard InChI is InChI=1S/C15H15N7/c1-20-4-6-21(7-5-20)15-19-13-3-2-11(9-16)8-12(13)14-17-10-18-22(14)15/h2-3,8,10H,4-7H2,1H3. The number of rotatable bonds is 1. The van der Waals surface area contributed by atoms with Crippen molar-refractivity contribution < 1.29 is 0 Å². The summed E-state index contributed by atoms with van der Waals surface area (Å²) in [6, 6.07) is 7.64. The quantitative estimate of drug-likeness (QED) is 0.664. The van der Waals surface area contributed by atoms with E-state index in [0.717, 1.165) is 48.7 Å². The highest BCUT2D eigenvalue weighted by molar-refractivity contribution is 5.93. The number of nitriles is 1. The van der Waals surface area contributed by atoms with Crippen molar-refractivity contribution >= 4 is 22.5 Å². The number of benzene rings is 1. The van der Waals surface area contributed by atoms with Crippen molar-refractivity contribution in [3.63, 3.8) is 0 Å². The molecule has 0 bridgehead atoms. The summed E-state index contributed by atoms with van der Waals surface area (Å²) in [6.45, 7) is 3.84. The van der Waals surface area contributed by atoms with Crippen LogP contribution in [0.3, 0.4) is 0 Å². The lowest BCUT2D eigenvalue weighted by Gasteiger charge is -2.33. The summed E-state index contributed by atoms with van der Waals surface area (Å²) >= 11 is 0. The molecule has 0 atom stereocenters. The third-order valence-corrected chi connectivity index (χ3v) is 4.11. The number of nitrogens with zero attached hydrogens (tertiary/aromatic N) is 7. The number of fused-ring (bicyclic) bond motifs is 3. The van der Waals surface area contributed by atoms with Crippen molar-refractivity contribution in [2.24, 2.45) is 0 Å². The molecule has 1 aliphatic rings. The summed E-state index contributed by atoms with van der Waals surface area (Å²) < 4.78 is 1.77. The van der Waals surface area contributed by atoms with Gasteiger partial charge < -0.3 is 9.80 Å². The first-order valence-corrected chi connectivity index (χ1v) is 7.23. The summed E-state index contributed by atoms with van der Waals surface area (Å²) in [5.74, 6) is 0.817. The Morgan fingerprint density at radius 3 is 2.77 bits per heavy atom. The Morgan fingerprint density at radius 2 is 2.00 bits per heavy atom. The number of anilines is 1. The Kier molecular flexibility index (Phi) is 2.91. The van der Waals surface area contributed by atoms with E-state index in [1.54, 1.807) is 10.6 Å². The molecule has 1 saturated heterocycles. The summed E-state index contributed by atoms with van der Waals surface area (Å²) in [4.78, 5) is 13.7. The smallest absolute Gasteiger partial charge is 0.229 e. The van der Waals surface area contributed by atoms with Gasteiger partial charge in [0.15, 0.2) is 5.65 Å². The zero-order valence-corrected chi connectivity index (χ0v) is 12.3. The molecule has 0 spiro atoms. The topological polar surface area (TPSA) is 73.3 Å². The van der Waals surface area contributed by atoms with E-state index in [2.05, 4.69) is 33.0 Å². The Hall–Kier alpha value is -2.72. The van der Waals surface area contributed by atoms with Crippen molar-refractivity contribution in [1.29, 1.82) is 5.26 Å². The fraction of sp³-hybridized carbons (Fsp3) is 0.333. The highest BCUT2D eigenvalue weighted by Gasteiger charge is 2.20. The van der Waals surface area contributed by atoms with Crippen molar-refractivity contribution in [2.45, 2.75) is 0 Å². The molecule has 1 aromatic carbocycles. The van der Waals surface area contributed by atoms with E-state index < -0.39 is 0 Å². The van der Waals surface area contributed by atoms with Crippen LogP contribution >= 0.6 is 0 Å². The molecule has 7 nitrogen and oxygen atoms in total. The molecule has 1 aliphatic heterocycles. The van der Waals surface area contributed by atoms with Crippen LogP contribution in [-0.4, -0.2) is 57.7 Å². The predicted octanol–water partition coefficient (Wildman–Crippen LogP) is 0.901.